The van der Waals surface area contributed by atoms with Crippen LogP contribution in [0.2, 0.25) is 0 Å². The Morgan fingerprint density at radius 2 is 1.66 bits per heavy atom. The number of amides is 2. The standard InChI is InChI=1S/C23H30BrN3O4S/c24-17-5-1-2-6-18(17)32(30,31)27-23(7-3-4-8-23)21(29)26-19-15-9-14-10-16(19)13-22(11-14,12-15)20(25)28/h1-2,5-6,14-16,19,27H,3-4,7-13H2,(H2,25,28)(H,26,29). The fourth-order valence-electron chi connectivity index (χ4n) is 7.18. The van der Waals surface area contributed by atoms with Crippen molar-refractivity contribution in [2.75, 3.05) is 0 Å². The van der Waals surface area contributed by atoms with Crippen molar-refractivity contribution in [2.24, 2.45) is 28.9 Å². The third kappa shape index (κ3) is 3.60. The normalized spacial score (nSPS) is 35.0. The maximum Gasteiger partial charge on any atom is 0.242 e. The first-order chi connectivity index (χ1) is 15.1. The first kappa shape index (κ1) is 22.3. The predicted octanol–water partition coefficient (Wildman–Crippen LogP) is 2.84. The number of nitrogens with one attached hydrogen (secondary N) is 2. The Labute approximate surface area is 197 Å². The minimum absolute atomic E-state index is 0.0167. The Hall–Kier alpha value is -1.45. The van der Waals surface area contributed by atoms with E-state index < -0.39 is 21.0 Å². The second kappa shape index (κ2) is 7.81. The molecule has 2 unspecified atom stereocenters. The maximum absolute atomic E-state index is 13.6. The van der Waals surface area contributed by atoms with Crippen LogP contribution in [-0.2, 0) is 19.6 Å². The van der Waals surface area contributed by atoms with E-state index in [2.05, 4.69) is 26.0 Å². The fraction of sp³-hybridized carbons (Fsp3) is 0.652. The van der Waals surface area contributed by atoms with Gasteiger partial charge in [-0.3, -0.25) is 9.59 Å². The van der Waals surface area contributed by atoms with Crippen LogP contribution in [0, 0.1) is 23.2 Å². The van der Waals surface area contributed by atoms with Gasteiger partial charge in [-0.25, -0.2) is 8.42 Å². The van der Waals surface area contributed by atoms with Crippen molar-refractivity contribution >= 4 is 37.8 Å². The predicted molar refractivity (Wildman–Crippen MR) is 123 cm³/mol. The number of benzene rings is 1. The summed E-state index contributed by atoms with van der Waals surface area (Å²) in [5.74, 6) is 0.543. The highest BCUT2D eigenvalue weighted by Gasteiger charge is 2.59. The van der Waals surface area contributed by atoms with Crippen LogP contribution in [0.4, 0.5) is 0 Å². The van der Waals surface area contributed by atoms with Gasteiger partial charge in [-0.1, -0.05) is 25.0 Å². The van der Waals surface area contributed by atoms with Gasteiger partial charge in [0.1, 0.15) is 5.54 Å². The first-order valence-corrected chi connectivity index (χ1v) is 13.8. The zero-order valence-electron chi connectivity index (χ0n) is 18.0. The van der Waals surface area contributed by atoms with Crippen LogP contribution >= 0.6 is 15.9 Å². The highest BCUT2D eigenvalue weighted by Crippen LogP contribution is 2.60. The molecule has 5 fully saturated rings. The quantitative estimate of drug-likeness (QED) is 0.531. The lowest BCUT2D eigenvalue weighted by Gasteiger charge is -2.59. The van der Waals surface area contributed by atoms with E-state index in [0.29, 0.717) is 23.2 Å². The number of hydrogen-bond donors (Lipinski definition) is 3. The highest BCUT2D eigenvalue weighted by atomic mass is 79.9. The molecule has 0 saturated heterocycles. The van der Waals surface area contributed by atoms with Crippen molar-refractivity contribution in [3.05, 3.63) is 28.7 Å². The van der Waals surface area contributed by atoms with Crippen molar-refractivity contribution in [3.8, 4) is 0 Å². The molecule has 0 heterocycles. The molecule has 4 bridgehead atoms. The lowest BCUT2D eigenvalue weighted by atomic mass is 9.47. The van der Waals surface area contributed by atoms with Crippen LogP contribution in [0.5, 0.6) is 0 Å². The summed E-state index contributed by atoms with van der Waals surface area (Å²) >= 11 is 3.32. The average Bonchev–Trinajstić information content (AvgIpc) is 3.19. The van der Waals surface area contributed by atoms with E-state index in [1.54, 1.807) is 18.2 Å². The molecule has 0 aliphatic heterocycles. The van der Waals surface area contributed by atoms with Crippen molar-refractivity contribution in [1.29, 1.82) is 0 Å². The number of carbonyl (C=O) groups is 2. The Bertz CT molecular complexity index is 1040. The van der Waals surface area contributed by atoms with Crippen molar-refractivity contribution in [2.45, 2.75) is 74.3 Å². The van der Waals surface area contributed by atoms with Crippen LogP contribution in [-0.4, -0.2) is 31.8 Å². The SMILES string of the molecule is NC(=O)C12CC3CC(C1)C(NC(=O)C1(NS(=O)(=O)c4ccccc4Br)CCCC1)C(C3)C2. The van der Waals surface area contributed by atoms with E-state index in [4.69, 9.17) is 5.73 Å². The van der Waals surface area contributed by atoms with Crippen molar-refractivity contribution in [3.63, 3.8) is 0 Å². The summed E-state index contributed by atoms with van der Waals surface area (Å²) in [7, 11) is -3.88. The fourth-order valence-corrected chi connectivity index (χ4v) is 9.61. The number of primary amides is 1. The van der Waals surface area contributed by atoms with Crippen molar-refractivity contribution < 1.29 is 18.0 Å². The minimum atomic E-state index is -3.88. The molecule has 5 aliphatic rings. The van der Waals surface area contributed by atoms with Gasteiger partial charge in [0.15, 0.2) is 0 Å². The van der Waals surface area contributed by atoms with Gasteiger partial charge < -0.3 is 11.1 Å². The van der Waals surface area contributed by atoms with Gasteiger partial charge >= 0.3 is 0 Å². The van der Waals surface area contributed by atoms with E-state index in [9.17, 15) is 18.0 Å². The second-order valence-corrected chi connectivity index (χ2v) is 12.9. The summed E-state index contributed by atoms with van der Waals surface area (Å²) in [4.78, 5) is 26.0. The Morgan fingerprint density at radius 1 is 1.03 bits per heavy atom. The number of nitrogens with two attached hydrogens (primary N) is 1. The summed E-state index contributed by atoms with van der Waals surface area (Å²) in [6.45, 7) is 0. The molecule has 9 heteroatoms. The van der Waals surface area contributed by atoms with Crippen LogP contribution in [0.3, 0.4) is 0 Å². The molecule has 2 amide bonds. The number of rotatable bonds is 6. The van der Waals surface area contributed by atoms with E-state index in [-0.39, 0.29) is 34.6 Å². The van der Waals surface area contributed by atoms with Crippen LogP contribution < -0.4 is 15.8 Å². The first-order valence-electron chi connectivity index (χ1n) is 11.5. The monoisotopic (exact) mass is 523 g/mol. The summed E-state index contributed by atoms with van der Waals surface area (Å²) in [6, 6.07) is 6.63. The van der Waals surface area contributed by atoms with E-state index in [0.717, 1.165) is 44.9 Å². The van der Waals surface area contributed by atoms with Crippen LogP contribution in [0.1, 0.15) is 57.8 Å². The molecule has 5 saturated carbocycles. The van der Waals surface area contributed by atoms with Crippen LogP contribution in [0.25, 0.3) is 0 Å². The maximum atomic E-state index is 13.6. The van der Waals surface area contributed by atoms with Gasteiger partial charge in [0.2, 0.25) is 21.8 Å². The zero-order valence-corrected chi connectivity index (χ0v) is 20.4. The Morgan fingerprint density at radius 3 is 2.25 bits per heavy atom. The van der Waals surface area contributed by atoms with E-state index in [1.807, 2.05) is 0 Å². The minimum Gasteiger partial charge on any atom is -0.369 e. The molecule has 0 spiro atoms. The molecule has 174 valence electrons. The van der Waals surface area contributed by atoms with Gasteiger partial charge in [0.25, 0.3) is 0 Å². The van der Waals surface area contributed by atoms with Gasteiger partial charge in [0.05, 0.1) is 4.90 Å². The Balaban J connectivity index is 1.37. The summed E-state index contributed by atoms with van der Waals surface area (Å²) < 4.78 is 29.7. The molecule has 4 N–H and O–H groups in total. The van der Waals surface area contributed by atoms with E-state index in [1.165, 1.54) is 6.07 Å². The van der Waals surface area contributed by atoms with Crippen LogP contribution in [0.15, 0.2) is 33.6 Å². The number of carbonyl (C=O) groups excluding carboxylic acids is 2. The smallest absolute Gasteiger partial charge is 0.242 e. The van der Waals surface area contributed by atoms with Crippen molar-refractivity contribution in [1.82, 2.24) is 10.0 Å². The summed E-state index contributed by atoms with van der Waals surface area (Å²) in [6.07, 6.45) is 6.93. The van der Waals surface area contributed by atoms with Gasteiger partial charge in [-0.2, -0.15) is 4.72 Å². The number of halogens is 1. The van der Waals surface area contributed by atoms with Gasteiger partial charge in [-0.15, -0.1) is 0 Å². The average molecular weight is 524 g/mol. The molecule has 6 rings (SSSR count). The molecule has 32 heavy (non-hydrogen) atoms. The third-order valence-corrected chi connectivity index (χ3v) is 11.0. The molecule has 1 aromatic carbocycles. The summed E-state index contributed by atoms with van der Waals surface area (Å²) in [5.41, 5.74) is 4.24. The van der Waals surface area contributed by atoms with Gasteiger partial charge in [-0.05, 0) is 90.8 Å². The number of hydrogen-bond acceptors (Lipinski definition) is 4. The highest BCUT2D eigenvalue weighted by molar-refractivity contribution is 9.10. The lowest BCUT2D eigenvalue weighted by Crippen LogP contribution is -2.65. The molecule has 0 aromatic heterocycles. The molecule has 5 aliphatic carbocycles. The van der Waals surface area contributed by atoms with E-state index >= 15 is 0 Å². The molecule has 2 atom stereocenters. The molecule has 7 nitrogen and oxygen atoms in total. The lowest BCUT2D eigenvalue weighted by molar-refractivity contribution is -0.148. The van der Waals surface area contributed by atoms with Gasteiger partial charge in [0, 0.05) is 15.9 Å². The zero-order chi connectivity index (χ0) is 22.7. The molecular weight excluding hydrogens is 494 g/mol. The Kier molecular flexibility index (Phi) is 5.45. The molecular formula is C23H30BrN3O4S. The molecule has 0 radical (unpaired) electrons. The third-order valence-electron chi connectivity index (χ3n) is 8.44. The summed E-state index contributed by atoms with van der Waals surface area (Å²) in [5, 5.41) is 3.26. The topological polar surface area (TPSA) is 118 Å². The molecule has 1 aromatic rings. The largest absolute Gasteiger partial charge is 0.369 e. The number of sulfonamides is 1. The second-order valence-electron chi connectivity index (χ2n) is 10.4.